The van der Waals surface area contributed by atoms with Gasteiger partial charge in [-0.25, -0.2) is 0 Å². The molecule has 1 rings (SSSR count). The minimum atomic E-state index is -0.000712. The molecule has 0 aliphatic carbocycles. The Morgan fingerprint density at radius 2 is 1.71 bits per heavy atom. The maximum atomic E-state index is 11.8. The zero-order valence-corrected chi connectivity index (χ0v) is 14.8. The molecule has 1 amide bonds. The van der Waals surface area contributed by atoms with Gasteiger partial charge >= 0.3 is 0 Å². The molecular formula is C15H27Cl2N3O. The van der Waals surface area contributed by atoms with Crippen molar-refractivity contribution in [1.82, 2.24) is 10.6 Å². The molecule has 4 nitrogen and oxygen atoms in total. The third-order valence-electron chi connectivity index (χ3n) is 3.35. The lowest BCUT2D eigenvalue weighted by Gasteiger charge is -2.27. The third-order valence-corrected chi connectivity index (χ3v) is 3.35. The first-order valence-corrected chi connectivity index (χ1v) is 6.76. The molecule has 0 aliphatic heterocycles. The predicted octanol–water partition coefficient (Wildman–Crippen LogP) is 2.33. The van der Waals surface area contributed by atoms with Gasteiger partial charge in [-0.3, -0.25) is 4.79 Å². The maximum Gasteiger partial charge on any atom is 0.224 e. The molecule has 0 bridgehead atoms. The van der Waals surface area contributed by atoms with E-state index in [2.05, 4.69) is 34.6 Å². The summed E-state index contributed by atoms with van der Waals surface area (Å²) in [6.45, 7) is 5.39. The molecule has 1 aromatic rings. The highest BCUT2D eigenvalue weighted by atomic mass is 35.5. The fraction of sp³-hybridized carbons (Fsp3) is 0.533. The number of amides is 1. The molecular weight excluding hydrogens is 309 g/mol. The van der Waals surface area contributed by atoms with Crippen LogP contribution in [0.15, 0.2) is 30.3 Å². The minimum Gasteiger partial charge on any atom is -0.370 e. The van der Waals surface area contributed by atoms with Crippen LogP contribution in [0.3, 0.4) is 0 Å². The number of rotatable bonds is 7. The number of carbonyl (C=O) groups is 1. The van der Waals surface area contributed by atoms with Gasteiger partial charge < -0.3 is 15.5 Å². The van der Waals surface area contributed by atoms with Crippen LogP contribution >= 0.6 is 24.8 Å². The van der Waals surface area contributed by atoms with Gasteiger partial charge in [-0.15, -0.1) is 24.8 Å². The van der Waals surface area contributed by atoms with E-state index in [0.29, 0.717) is 13.1 Å². The number of nitrogens with one attached hydrogen (secondary N) is 2. The van der Waals surface area contributed by atoms with Crippen molar-refractivity contribution in [2.45, 2.75) is 19.9 Å². The monoisotopic (exact) mass is 335 g/mol. The largest absolute Gasteiger partial charge is 0.370 e. The zero-order chi connectivity index (χ0) is 14.3. The van der Waals surface area contributed by atoms with Gasteiger partial charge in [-0.1, -0.05) is 25.1 Å². The van der Waals surface area contributed by atoms with E-state index in [0.717, 1.165) is 5.69 Å². The first kappa shape index (κ1) is 22.3. The van der Waals surface area contributed by atoms with Crippen molar-refractivity contribution in [2.75, 3.05) is 32.1 Å². The van der Waals surface area contributed by atoms with Gasteiger partial charge in [0.1, 0.15) is 0 Å². The summed E-state index contributed by atoms with van der Waals surface area (Å²) in [6, 6.07) is 10.4. The number of benzene rings is 1. The molecule has 122 valence electrons. The third kappa shape index (κ3) is 7.55. The topological polar surface area (TPSA) is 44.4 Å². The average molecular weight is 336 g/mol. The molecule has 2 N–H and O–H groups in total. The second kappa shape index (κ2) is 11.7. The van der Waals surface area contributed by atoms with Gasteiger partial charge in [-0.2, -0.15) is 0 Å². The number of nitrogens with zero attached hydrogens (tertiary/aromatic N) is 1. The van der Waals surface area contributed by atoms with Crippen LogP contribution in [0.5, 0.6) is 0 Å². The number of hydrogen-bond acceptors (Lipinski definition) is 3. The van der Waals surface area contributed by atoms with E-state index in [1.54, 1.807) is 0 Å². The molecule has 0 heterocycles. The fourth-order valence-corrected chi connectivity index (χ4v) is 1.88. The van der Waals surface area contributed by atoms with Crippen molar-refractivity contribution in [3.8, 4) is 0 Å². The molecule has 0 fully saturated rings. The van der Waals surface area contributed by atoms with E-state index in [-0.39, 0.29) is 42.7 Å². The standard InChI is InChI=1S/C15H25N3O.2ClH/c1-12(10-16-3)15(19)17-11-13(2)18(4)14-8-6-5-7-9-14;;/h5-9,12-13,16H,10-11H2,1-4H3,(H,17,19);2*1H. The van der Waals surface area contributed by atoms with Gasteiger partial charge in [0.2, 0.25) is 5.91 Å². The normalized spacial score (nSPS) is 12.4. The van der Waals surface area contributed by atoms with Crippen molar-refractivity contribution in [2.24, 2.45) is 5.92 Å². The predicted molar refractivity (Wildman–Crippen MR) is 94.9 cm³/mol. The van der Waals surface area contributed by atoms with Crippen molar-refractivity contribution in [3.05, 3.63) is 30.3 Å². The van der Waals surface area contributed by atoms with Crippen molar-refractivity contribution in [1.29, 1.82) is 0 Å². The highest BCUT2D eigenvalue weighted by molar-refractivity contribution is 5.85. The highest BCUT2D eigenvalue weighted by Gasteiger charge is 2.14. The average Bonchev–Trinajstić information content (AvgIpc) is 2.44. The van der Waals surface area contributed by atoms with Crippen LogP contribution in [-0.4, -0.2) is 39.1 Å². The fourth-order valence-electron chi connectivity index (χ4n) is 1.88. The van der Waals surface area contributed by atoms with E-state index < -0.39 is 0 Å². The number of likely N-dealkylation sites (N-methyl/N-ethyl adjacent to an activating group) is 1. The van der Waals surface area contributed by atoms with Crippen molar-refractivity contribution < 1.29 is 4.79 Å². The first-order valence-electron chi connectivity index (χ1n) is 6.76. The molecule has 1 aromatic carbocycles. The zero-order valence-electron chi connectivity index (χ0n) is 13.1. The molecule has 0 saturated carbocycles. The Balaban J connectivity index is 0. The number of para-hydroxylation sites is 1. The quantitative estimate of drug-likeness (QED) is 0.803. The lowest BCUT2D eigenvalue weighted by atomic mass is 10.1. The van der Waals surface area contributed by atoms with Gasteiger partial charge in [0, 0.05) is 37.8 Å². The van der Waals surface area contributed by atoms with Crippen LogP contribution < -0.4 is 15.5 Å². The highest BCUT2D eigenvalue weighted by Crippen LogP contribution is 2.13. The lowest BCUT2D eigenvalue weighted by molar-refractivity contribution is -0.124. The van der Waals surface area contributed by atoms with Crippen molar-refractivity contribution in [3.63, 3.8) is 0 Å². The van der Waals surface area contributed by atoms with Gasteiger partial charge in [0.05, 0.1) is 0 Å². The smallest absolute Gasteiger partial charge is 0.224 e. The Morgan fingerprint density at radius 3 is 2.24 bits per heavy atom. The van der Waals surface area contributed by atoms with E-state index in [1.807, 2.05) is 39.2 Å². The van der Waals surface area contributed by atoms with Gasteiger partial charge in [-0.05, 0) is 26.1 Å². The maximum absolute atomic E-state index is 11.8. The molecule has 21 heavy (non-hydrogen) atoms. The summed E-state index contributed by atoms with van der Waals surface area (Å²) < 4.78 is 0. The Labute approximate surface area is 140 Å². The first-order chi connectivity index (χ1) is 9.06. The van der Waals surface area contributed by atoms with Crippen molar-refractivity contribution >= 4 is 36.4 Å². The Hall–Kier alpha value is -0.970. The van der Waals surface area contributed by atoms with Crippen LogP contribution in [0.4, 0.5) is 5.69 Å². The Kier molecular flexibility index (Phi) is 12.4. The number of halogens is 2. The van der Waals surface area contributed by atoms with Crippen LogP contribution in [0.2, 0.25) is 0 Å². The lowest BCUT2D eigenvalue weighted by Crippen LogP contribution is -2.43. The van der Waals surface area contributed by atoms with Crippen LogP contribution in [0.25, 0.3) is 0 Å². The van der Waals surface area contributed by atoms with Crippen LogP contribution in [0.1, 0.15) is 13.8 Å². The number of anilines is 1. The van der Waals surface area contributed by atoms with Gasteiger partial charge in [0.25, 0.3) is 0 Å². The Morgan fingerprint density at radius 1 is 1.14 bits per heavy atom. The number of hydrogen-bond donors (Lipinski definition) is 2. The van der Waals surface area contributed by atoms with E-state index in [9.17, 15) is 4.79 Å². The summed E-state index contributed by atoms with van der Waals surface area (Å²) in [5.74, 6) is 0.0990. The summed E-state index contributed by atoms with van der Waals surface area (Å²) >= 11 is 0. The molecule has 2 atom stereocenters. The Bertz CT molecular complexity index is 390. The summed E-state index contributed by atoms with van der Waals surface area (Å²) in [5, 5.41) is 6.01. The van der Waals surface area contributed by atoms with Gasteiger partial charge in [0.15, 0.2) is 0 Å². The second-order valence-corrected chi connectivity index (χ2v) is 5.00. The van der Waals surface area contributed by atoms with E-state index in [1.165, 1.54) is 0 Å². The summed E-state index contributed by atoms with van der Waals surface area (Å²) in [7, 11) is 3.90. The van der Waals surface area contributed by atoms with Crippen LogP contribution in [-0.2, 0) is 4.79 Å². The van der Waals surface area contributed by atoms with E-state index >= 15 is 0 Å². The molecule has 0 spiro atoms. The molecule has 0 saturated heterocycles. The molecule has 0 aromatic heterocycles. The molecule has 2 unspecified atom stereocenters. The summed E-state index contributed by atoms with van der Waals surface area (Å²) in [4.78, 5) is 14.0. The molecule has 0 aliphatic rings. The van der Waals surface area contributed by atoms with Crippen LogP contribution in [0, 0.1) is 5.92 Å². The SMILES string of the molecule is CNCC(C)C(=O)NCC(C)N(C)c1ccccc1.Cl.Cl. The second-order valence-electron chi connectivity index (χ2n) is 5.00. The minimum absolute atomic E-state index is 0. The van der Waals surface area contributed by atoms with E-state index in [4.69, 9.17) is 0 Å². The number of carbonyl (C=O) groups excluding carboxylic acids is 1. The summed E-state index contributed by atoms with van der Waals surface area (Å²) in [6.07, 6.45) is 0. The summed E-state index contributed by atoms with van der Waals surface area (Å²) in [5.41, 5.74) is 1.16. The molecule has 6 heteroatoms. The molecule has 0 radical (unpaired) electrons.